The summed E-state index contributed by atoms with van der Waals surface area (Å²) in [5.74, 6) is 0.910. The van der Waals surface area contributed by atoms with Gasteiger partial charge in [-0.15, -0.1) is 0 Å². The maximum Gasteiger partial charge on any atom is 0.128 e. The summed E-state index contributed by atoms with van der Waals surface area (Å²) in [6.07, 6.45) is 6.86. The lowest BCUT2D eigenvalue weighted by Gasteiger charge is -2.31. The zero-order chi connectivity index (χ0) is 10.7. The number of aromatic nitrogens is 2. The largest absolute Gasteiger partial charge is 0.369 e. The number of nitrogens with two attached hydrogens (primary N) is 1. The van der Waals surface area contributed by atoms with Gasteiger partial charge in [-0.3, -0.25) is 0 Å². The normalized spacial score (nSPS) is 18.1. The number of piperidine rings is 1. The highest BCUT2D eigenvalue weighted by molar-refractivity contribution is 5.42. The number of hydrogen-bond acceptors (Lipinski definition) is 4. The molecule has 0 amide bonds. The minimum Gasteiger partial charge on any atom is -0.369 e. The predicted molar refractivity (Wildman–Crippen MR) is 60.8 cm³/mol. The molecular formula is C11H18N4. The van der Waals surface area contributed by atoms with Gasteiger partial charge in [0.05, 0.1) is 18.1 Å². The van der Waals surface area contributed by atoms with Gasteiger partial charge < -0.3 is 10.6 Å². The molecule has 0 radical (unpaired) electrons. The summed E-state index contributed by atoms with van der Waals surface area (Å²) < 4.78 is 0. The number of rotatable bonds is 2. The van der Waals surface area contributed by atoms with Crippen LogP contribution in [0.1, 0.15) is 25.6 Å². The maximum absolute atomic E-state index is 5.86. The third-order valence-electron chi connectivity index (χ3n) is 2.91. The van der Waals surface area contributed by atoms with Crippen molar-refractivity contribution in [1.82, 2.24) is 9.97 Å². The number of anilines is 1. The fraction of sp³-hybridized carbons (Fsp3) is 0.636. The Morgan fingerprint density at radius 2 is 1.93 bits per heavy atom. The topological polar surface area (TPSA) is 55.0 Å². The Morgan fingerprint density at radius 1 is 1.33 bits per heavy atom. The van der Waals surface area contributed by atoms with E-state index in [1.54, 1.807) is 0 Å². The van der Waals surface area contributed by atoms with Gasteiger partial charge in [-0.05, 0) is 12.8 Å². The molecule has 1 aliphatic heterocycles. The molecule has 1 aliphatic rings. The van der Waals surface area contributed by atoms with Crippen LogP contribution in [0.25, 0.3) is 0 Å². The minimum atomic E-state index is 0.372. The molecule has 82 valence electrons. The quantitative estimate of drug-likeness (QED) is 0.783. The second kappa shape index (κ2) is 4.57. The highest BCUT2D eigenvalue weighted by Crippen LogP contribution is 2.17. The SMILES string of the molecule is CCc1ncc(N2CCC(N)CC2)cn1. The fourth-order valence-corrected chi connectivity index (χ4v) is 1.85. The van der Waals surface area contributed by atoms with Crippen LogP contribution in [0.5, 0.6) is 0 Å². The van der Waals surface area contributed by atoms with Gasteiger partial charge in [0.2, 0.25) is 0 Å². The van der Waals surface area contributed by atoms with E-state index in [0.717, 1.165) is 43.9 Å². The first-order valence-electron chi connectivity index (χ1n) is 5.61. The molecule has 4 heteroatoms. The first-order chi connectivity index (χ1) is 7.29. The second-order valence-electron chi connectivity index (χ2n) is 4.04. The molecule has 0 aliphatic carbocycles. The molecular weight excluding hydrogens is 188 g/mol. The zero-order valence-electron chi connectivity index (χ0n) is 9.19. The molecule has 0 atom stereocenters. The standard InChI is InChI=1S/C11H18N4/c1-2-11-13-7-10(8-14-11)15-5-3-9(12)4-6-15/h7-9H,2-6,12H2,1H3. The Bertz CT molecular complexity index is 301. The molecule has 0 unspecified atom stereocenters. The van der Waals surface area contributed by atoms with E-state index in [4.69, 9.17) is 5.73 Å². The highest BCUT2D eigenvalue weighted by Gasteiger charge is 2.16. The van der Waals surface area contributed by atoms with Gasteiger partial charge >= 0.3 is 0 Å². The van der Waals surface area contributed by atoms with Crippen molar-refractivity contribution in [2.75, 3.05) is 18.0 Å². The van der Waals surface area contributed by atoms with E-state index < -0.39 is 0 Å². The van der Waals surface area contributed by atoms with E-state index in [0.29, 0.717) is 6.04 Å². The van der Waals surface area contributed by atoms with Crippen molar-refractivity contribution >= 4 is 5.69 Å². The number of aryl methyl sites for hydroxylation is 1. The van der Waals surface area contributed by atoms with Crippen LogP contribution in [0.4, 0.5) is 5.69 Å². The van der Waals surface area contributed by atoms with Crippen molar-refractivity contribution < 1.29 is 0 Å². The molecule has 1 aromatic heterocycles. The van der Waals surface area contributed by atoms with Gasteiger partial charge in [0.25, 0.3) is 0 Å². The van der Waals surface area contributed by atoms with Gasteiger partial charge in [0.1, 0.15) is 5.82 Å². The van der Waals surface area contributed by atoms with Crippen LogP contribution >= 0.6 is 0 Å². The Kier molecular flexibility index (Phi) is 3.16. The van der Waals surface area contributed by atoms with E-state index in [-0.39, 0.29) is 0 Å². The monoisotopic (exact) mass is 206 g/mol. The molecule has 4 nitrogen and oxygen atoms in total. The Hall–Kier alpha value is -1.16. The average Bonchev–Trinajstić information content (AvgIpc) is 2.30. The summed E-state index contributed by atoms with van der Waals surface area (Å²) in [5.41, 5.74) is 6.99. The number of nitrogens with zero attached hydrogens (tertiary/aromatic N) is 3. The molecule has 1 fully saturated rings. The van der Waals surface area contributed by atoms with Gasteiger partial charge in [0, 0.05) is 25.6 Å². The Labute approximate surface area is 90.5 Å². The van der Waals surface area contributed by atoms with Crippen LogP contribution in [0, 0.1) is 0 Å². The second-order valence-corrected chi connectivity index (χ2v) is 4.04. The van der Waals surface area contributed by atoms with Gasteiger partial charge in [-0.1, -0.05) is 6.92 Å². The summed E-state index contributed by atoms with van der Waals surface area (Å²) in [7, 11) is 0. The van der Waals surface area contributed by atoms with Crippen LogP contribution < -0.4 is 10.6 Å². The van der Waals surface area contributed by atoms with Crippen LogP contribution in [-0.4, -0.2) is 29.1 Å². The molecule has 0 aromatic carbocycles. The van der Waals surface area contributed by atoms with Gasteiger partial charge in [0.15, 0.2) is 0 Å². The van der Waals surface area contributed by atoms with E-state index in [1.165, 1.54) is 0 Å². The average molecular weight is 206 g/mol. The van der Waals surface area contributed by atoms with Crippen LogP contribution in [-0.2, 0) is 6.42 Å². The van der Waals surface area contributed by atoms with Gasteiger partial charge in [-0.25, -0.2) is 9.97 Å². The van der Waals surface area contributed by atoms with E-state index >= 15 is 0 Å². The lowest BCUT2D eigenvalue weighted by Crippen LogP contribution is -2.39. The van der Waals surface area contributed by atoms with Crippen molar-refractivity contribution in [3.05, 3.63) is 18.2 Å². The summed E-state index contributed by atoms with van der Waals surface area (Å²) in [6, 6.07) is 0.372. The van der Waals surface area contributed by atoms with Gasteiger partial charge in [-0.2, -0.15) is 0 Å². The summed E-state index contributed by atoms with van der Waals surface area (Å²) in [6.45, 7) is 4.11. The van der Waals surface area contributed by atoms with Crippen molar-refractivity contribution in [2.24, 2.45) is 5.73 Å². The van der Waals surface area contributed by atoms with Crippen LogP contribution in [0.3, 0.4) is 0 Å². The highest BCUT2D eigenvalue weighted by atomic mass is 15.2. The van der Waals surface area contributed by atoms with Crippen molar-refractivity contribution in [3.8, 4) is 0 Å². The Morgan fingerprint density at radius 3 is 2.47 bits per heavy atom. The van der Waals surface area contributed by atoms with E-state index in [9.17, 15) is 0 Å². The fourth-order valence-electron chi connectivity index (χ4n) is 1.85. The Balaban J connectivity index is 2.03. The summed E-state index contributed by atoms with van der Waals surface area (Å²) in [4.78, 5) is 10.9. The predicted octanol–water partition coefficient (Wildman–Crippen LogP) is 0.966. The minimum absolute atomic E-state index is 0.372. The van der Waals surface area contributed by atoms with E-state index in [2.05, 4.69) is 21.8 Å². The van der Waals surface area contributed by atoms with Crippen molar-refractivity contribution in [2.45, 2.75) is 32.2 Å². The first kappa shape index (κ1) is 10.4. The summed E-state index contributed by atoms with van der Waals surface area (Å²) >= 11 is 0. The van der Waals surface area contributed by atoms with Crippen molar-refractivity contribution in [3.63, 3.8) is 0 Å². The van der Waals surface area contributed by atoms with Crippen molar-refractivity contribution in [1.29, 1.82) is 0 Å². The smallest absolute Gasteiger partial charge is 0.128 e. The molecule has 1 aromatic rings. The molecule has 15 heavy (non-hydrogen) atoms. The van der Waals surface area contributed by atoms with E-state index in [1.807, 2.05) is 12.4 Å². The molecule has 1 saturated heterocycles. The lowest BCUT2D eigenvalue weighted by atomic mass is 10.1. The molecule has 0 saturated carbocycles. The third-order valence-corrected chi connectivity index (χ3v) is 2.91. The summed E-state index contributed by atoms with van der Waals surface area (Å²) in [5, 5.41) is 0. The third kappa shape index (κ3) is 2.45. The number of hydrogen-bond donors (Lipinski definition) is 1. The molecule has 2 rings (SSSR count). The maximum atomic E-state index is 5.86. The first-order valence-corrected chi connectivity index (χ1v) is 5.61. The zero-order valence-corrected chi connectivity index (χ0v) is 9.19. The molecule has 2 heterocycles. The lowest BCUT2D eigenvalue weighted by molar-refractivity contribution is 0.500. The molecule has 0 bridgehead atoms. The molecule has 0 spiro atoms. The van der Waals surface area contributed by atoms with Crippen LogP contribution in [0.15, 0.2) is 12.4 Å². The van der Waals surface area contributed by atoms with Crippen LogP contribution in [0.2, 0.25) is 0 Å². The molecule has 2 N–H and O–H groups in total.